The Labute approximate surface area is 93.5 Å². The second-order valence-electron chi connectivity index (χ2n) is 2.44. The first-order chi connectivity index (χ1) is 6.29. The van der Waals surface area contributed by atoms with E-state index in [1.807, 2.05) is 17.5 Å². The van der Waals surface area contributed by atoms with E-state index in [1.54, 1.807) is 17.5 Å². The van der Waals surface area contributed by atoms with Gasteiger partial charge in [0.25, 0.3) is 0 Å². The average molecular weight is 275 g/mol. The highest BCUT2D eigenvalue weighted by molar-refractivity contribution is 9.10. The van der Waals surface area contributed by atoms with Crippen molar-refractivity contribution in [3.05, 3.63) is 39.4 Å². The largest absolute Gasteiger partial charge is 0.243 e. The molecular weight excluding hydrogens is 270 g/mol. The van der Waals surface area contributed by atoms with E-state index in [0.717, 1.165) is 10.0 Å². The summed E-state index contributed by atoms with van der Waals surface area (Å²) < 4.78 is 0.860. The number of thiophene rings is 1. The third-order valence-electron chi connectivity index (χ3n) is 1.63. The lowest BCUT2D eigenvalue weighted by atomic mass is 10.2. The molecule has 2 aromatic heterocycles. The number of pyridine rings is 1. The molecule has 0 aliphatic heterocycles. The molecule has 0 aromatic carbocycles. The zero-order chi connectivity index (χ0) is 9.26. The Hall–Kier alpha value is -0.380. The van der Waals surface area contributed by atoms with Crippen molar-refractivity contribution < 1.29 is 0 Å². The lowest BCUT2D eigenvalue weighted by Gasteiger charge is -2.01. The first kappa shape index (κ1) is 9.19. The van der Waals surface area contributed by atoms with Crippen LogP contribution in [-0.2, 0) is 0 Å². The van der Waals surface area contributed by atoms with Crippen LogP contribution in [0.3, 0.4) is 0 Å². The summed E-state index contributed by atoms with van der Waals surface area (Å²) in [5, 5.41) is 2.54. The van der Waals surface area contributed by atoms with Crippen molar-refractivity contribution in [2.75, 3.05) is 0 Å². The van der Waals surface area contributed by atoms with Crippen LogP contribution in [0.5, 0.6) is 0 Å². The van der Waals surface area contributed by atoms with Gasteiger partial charge in [0.1, 0.15) is 5.15 Å². The molecule has 2 heterocycles. The van der Waals surface area contributed by atoms with Gasteiger partial charge in [0, 0.05) is 16.6 Å². The number of nitrogens with zero attached hydrogens (tertiary/aromatic N) is 1. The minimum atomic E-state index is 0.505. The number of rotatable bonds is 1. The maximum atomic E-state index is 5.88. The first-order valence-corrected chi connectivity index (χ1v) is 5.68. The van der Waals surface area contributed by atoms with Crippen LogP contribution < -0.4 is 0 Å². The Kier molecular flexibility index (Phi) is 2.67. The summed E-state index contributed by atoms with van der Waals surface area (Å²) in [6.45, 7) is 0. The molecule has 0 bridgehead atoms. The molecule has 13 heavy (non-hydrogen) atoms. The topological polar surface area (TPSA) is 12.9 Å². The molecule has 0 fully saturated rings. The van der Waals surface area contributed by atoms with E-state index in [2.05, 4.69) is 27.0 Å². The molecule has 0 N–H and O–H groups in total. The van der Waals surface area contributed by atoms with E-state index < -0.39 is 0 Å². The van der Waals surface area contributed by atoms with Crippen molar-refractivity contribution in [2.45, 2.75) is 0 Å². The lowest BCUT2D eigenvalue weighted by molar-refractivity contribution is 1.31. The van der Waals surface area contributed by atoms with Gasteiger partial charge in [-0.15, -0.1) is 11.3 Å². The predicted octanol–water partition coefficient (Wildman–Crippen LogP) is 4.23. The molecule has 1 nitrogen and oxygen atoms in total. The predicted molar refractivity (Wildman–Crippen MR) is 60.3 cm³/mol. The molecule has 0 atom stereocenters. The van der Waals surface area contributed by atoms with Gasteiger partial charge in [0.05, 0.1) is 4.47 Å². The zero-order valence-electron chi connectivity index (χ0n) is 6.50. The molecule has 0 radical (unpaired) electrons. The highest BCUT2D eigenvalue weighted by atomic mass is 79.9. The Morgan fingerprint density at radius 1 is 1.38 bits per heavy atom. The van der Waals surface area contributed by atoms with Crippen molar-refractivity contribution in [1.29, 1.82) is 0 Å². The minimum absolute atomic E-state index is 0.505. The third kappa shape index (κ3) is 1.77. The summed E-state index contributed by atoms with van der Waals surface area (Å²) in [4.78, 5) is 5.16. The summed E-state index contributed by atoms with van der Waals surface area (Å²) >= 11 is 11.0. The SMILES string of the molecule is Clc1nccc(-c2cccs2)c1Br. The van der Waals surface area contributed by atoms with Gasteiger partial charge in [-0.2, -0.15) is 0 Å². The van der Waals surface area contributed by atoms with Crippen LogP contribution in [0.25, 0.3) is 10.4 Å². The van der Waals surface area contributed by atoms with Crippen LogP contribution in [-0.4, -0.2) is 4.98 Å². The lowest BCUT2D eigenvalue weighted by Crippen LogP contribution is -1.80. The van der Waals surface area contributed by atoms with Crippen molar-refractivity contribution in [3.63, 3.8) is 0 Å². The molecule has 2 aromatic rings. The van der Waals surface area contributed by atoms with Crippen LogP contribution in [0, 0.1) is 0 Å². The van der Waals surface area contributed by atoms with Gasteiger partial charge in [0.2, 0.25) is 0 Å². The standard InChI is InChI=1S/C9H5BrClNS/c10-8-6(3-4-12-9(8)11)7-2-1-5-13-7/h1-5H. The van der Waals surface area contributed by atoms with Crippen LogP contribution in [0.2, 0.25) is 5.15 Å². The van der Waals surface area contributed by atoms with Gasteiger partial charge >= 0.3 is 0 Å². The molecule has 0 saturated heterocycles. The highest BCUT2D eigenvalue weighted by Gasteiger charge is 2.07. The van der Waals surface area contributed by atoms with Gasteiger partial charge < -0.3 is 0 Å². The fourth-order valence-electron chi connectivity index (χ4n) is 1.04. The average Bonchev–Trinajstić information content (AvgIpc) is 2.62. The normalized spacial score (nSPS) is 10.3. The smallest absolute Gasteiger partial charge is 0.143 e. The summed E-state index contributed by atoms with van der Waals surface area (Å²) in [6, 6.07) is 6.02. The number of halogens is 2. The molecule has 0 aliphatic carbocycles. The molecular formula is C9H5BrClNS. The Bertz CT molecular complexity index is 414. The van der Waals surface area contributed by atoms with Crippen molar-refractivity contribution in [3.8, 4) is 10.4 Å². The second-order valence-corrected chi connectivity index (χ2v) is 4.54. The van der Waals surface area contributed by atoms with Gasteiger partial charge in [-0.1, -0.05) is 17.7 Å². The van der Waals surface area contributed by atoms with E-state index in [-0.39, 0.29) is 0 Å². The minimum Gasteiger partial charge on any atom is -0.243 e. The molecule has 0 saturated carbocycles. The fraction of sp³-hybridized carbons (Fsp3) is 0. The maximum absolute atomic E-state index is 5.88. The zero-order valence-corrected chi connectivity index (χ0v) is 9.66. The molecule has 2 rings (SSSR count). The third-order valence-corrected chi connectivity index (χ3v) is 3.85. The van der Waals surface area contributed by atoms with E-state index in [0.29, 0.717) is 5.15 Å². The Morgan fingerprint density at radius 3 is 2.92 bits per heavy atom. The summed E-state index contributed by atoms with van der Waals surface area (Å²) in [5.74, 6) is 0. The van der Waals surface area contributed by atoms with Crippen LogP contribution >= 0.6 is 38.9 Å². The molecule has 4 heteroatoms. The Morgan fingerprint density at radius 2 is 2.23 bits per heavy atom. The fourth-order valence-corrected chi connectivity index (χ4v) is 2.54. The van der Waals surface area contributed by atoms with E-state index in [1.165, 1.54) is 4.88 Å². The summed E-state index contributed by atoms with van der Waals surface area (Å²) in [5.41, 5.74) is 1.09. The molecule has 0 aliphatic rings. The molecule has 0 unspecified atom stereocenters. The molecule has 66 valence electrons. The van der Waals surface area contributed by atoms with Gasteiger partial charge in [0.15, 0.2) is 0 Å². The van der Waals surface area contributed by atoms with Gasteiger partial charge in [-0.05, 0) is 33.4 Å². The number of hydrogen-bond acceptors (Lipinski definition) is 2. The van der Waals surface area contributed by atoms with Gasteiger partial charge in [-0.3, -0.25) is 0 Å². The van der Waals surface area contributed by atoms with E-state index >= 15 is 0 Å². The maximum Gasteiger partial charge on any atom is 0.143 e. The first-order valence-electron chi connectivity index (χ1n) is 3.63. The highest BCUT2D eigenvalue weighted by Crippen LogP contribution is 2.34. The Balaban J connectivity index is 2.59. The van der Waals surface area contributed by atoms with Crippen LogP contribution in [0.1, 0.15) is 0 Å². The summed E-state index contributed by atoms with van der Waals surface area (Å²) in [7, 11) is 0. The molecule has 0 spiro atoms. The van der Waals surface area contributed by atoms with Gasteiger partial charge in [-0.25, -0.2) is 4.98 Å². The van der Waals surface area contributed by atoms with Crippen LogP contribution in [0.4, 0.5) is 0 Å². The van der Waals surface area contributed by atoms with Crippen molar-refractivity contribution in [2.24, 2.45) is 0 Å². The number of aromatic nitrogens is 1. The van der Waals surface area contributed by atoms with Crippen molar-refractivity contribution in [1.82, 2.24) is 4.98 Å². The second kappa shape index (κ2) is 3.78. The van der Waals surface area contributed by atoms with E-state index in [9.17, 15) is 0 Å². The number of hydrogen-bond donors (Lipinski definition) is 0. The monoisotopic (exact) mass is 273 g/mol. The summed E-state index contributed by atoms with van der Waals surface area (Å²) in [6.07, 6.45) is 1.71. The molecule has 0 amide bonds. The quantitative estimate of drug-likeness (QED) is 0.709. The van der Waals surface area contributed by atoms with E-state index in [4.69, 9.17) is 11.6 Å². The van der Waals surface area contributed by atoms with Crippen molar-refractivity contribution >= 4 is 38.9 Å². The van der Waals surface area contributed by atoms with Crippen LogP contribution in [0.15, 0.2) is 34.2 Å².